The molecular weight excluding hydrogens is 199 g/mol. The summed E-state index contributed by atoms with van der Waals surface area (Å²) >= 11 is 0. The van der Waals surface area contributed by atoms with Gasteiger partial charge in [0.25, 0.3) is 0 Å². The minimum Gasteiger partial charge on any atom is -0.444 e. The molecule has 4 nitrogen and oxygen atoms in total. The molecule has 88 valence electrons. The fourth-order valence-corrected chi connectivity index (χ4v) is 1.64. The van der Waals surface area contributed by atoms with Crippen LogP contribution in [-0.4, -0.2) is 41.9 Å². The van der Waals surface area contributed by atoms with Gasteiger partial charge in [-0.3, -0.25) is 0 Å². The van der Waals surface area contributed by atoms with Crippen molar-refractivity contribution >= 4 is 6.09 Å². The molecule has 5 heteroatoms. The molecule has 0 aromatic rings. The molecule has 0 radical (unpaired) electrons. The van der Waals surface area contributed by atoms with Gasteiger partial charge in [0.2, 0.25) is 0 Å². The summed E-state index contributed by atoms with van der Waals surface area (Å²) in [7, 11) is 0. The highest BCUT2D eigenvalue weighted by molar-refractivity contribution is 5.69. The first-order valence-electron chi connectivity index (χ1n) is 5.19. The molecule has 0 aromatic carbocycles. The predicted octanol–water partition coefficient (Wildman–Crippen LogP) is 1.29. The van der Waals surface area contributed by atoms with Crippen LogP contribution in [0.4, 0.5) is 9.18 Å². The van der Waals surface area contributed by atoms with Crippen molar-refractivity contribution in [3.8, 4) is 0 Å². The molecule has 1 saturated heterocycles. The first-order chi connectivity index (χ1) is 6.85. The molecule has 0 aromatic heterocycles. The fourth-order valence-electron chi connectivity index (χ4n) is 1.64. The van der Waals surface area contributed by atoms with E-state index in [9.17, 15) is 9.18 Å². The molecule has 1 rings (SSSR count). The van der Waals surface area contributed by atoms with E-state index < -0.39 is 23.9 Å². The second-order valence-electron chi connectivity index (χ2n) is 4.78. The number of nitrogens with zero attached hydrogens (tertiary/aromatic N) is 1. The van der Waals surface area contributed by atoms with Crippen LogP contribution >= 0.6 is 0 Å². The lowest BCUT2D eigenvalue weighted by molar-refractivity contribution is 0.0204. The van der Waals surface area contributed by atoms with Crippen LogP contribution in [0.25, 0.3) is 0 Å². The normalized spacial score (nSPS) is 26.9. The smallest absolute Gasteiger partial charge is 0.410 e. The van der Waals surface area contributed by atoms with Gasteiger partial charge >= 0.3 is 6.09 Å². The summed E-state index contributed by atoms with van der Waals surface area (Å²) in [5.41, 5.74) is 4.88. The monoisotopic (exact) mass is 218 g/mol. The summed E-state index contributed by atoms with van der Waals surface area (Å²) in [4.78, 5) is 13.0. The number of halogens is 1. The molecule has 2 atom stereocenters. The number of rotatable bonds is 1. The van der Waals surface area contributed by atoms with Gasteiger partial charge in [-0.15, -0.1) is 0 Å². The molecule has 2 N–H and O–H groups in total. The molecule has 1 amide bonds. The Morgan fingerprint density at radius 3 is 2.67 bits per heavy atom. The number of amides is 1. The molecular formula is C10H19FN2O2. The van der Waals surface area contributed by atoms with E-state index in [1.54, 1.807) is 20.8 Å². The minimum atomic E-state index is -1.03. The average molecular weight is 218 g/mol. The zero-order valence-corrected chi connectivity index (χ0v) is 9.50. The largest absolute Gasteiger partial charge is 0.444 e. The van der Waals surface area contributed by atoms with E-state index in [4.69, 9.17) is 10.5 Å². The average Bonchev–Trinajstić information content (AvgIpc) is 2.43. The fraction of sp³-hybridized carbons (Fsp3) is 0.900. The highest BCUT2D eigenvalue weighted by Gasteiger charge is 2.38. The lowest BCUT2D eigenvalue weighted by Gasteiger charge is -2.28. The minimum absolute atomic E-state index is 0.139. The van der Waals surface area contributed by atoms with Crippen LogP contribution in [0.15, 0.2) is 0 Å². The molecule has 2 unspecified atom stereocenters. The maximum atomic E-state index is 13.3. The van der Waals surface area contributed by atoms with Crippen LogP contribution in [-0.2, 0) is 4.74 Å². The number of carbonyl (C=O) groups is 1. The van der Waals surface area contributed by atoms with E-state index in [-0.39, 0.29) is 6.54 Å². The number of nitrogens with two attached hydrogens (primary N) is 1. The summed E-state index contributed by atoms with van der Waals surface area (Å²) in [5.74, 6) is 0. The van der Waals surface area contributed by atoms with Crippen molar-refractivity contribution < 1.29 is 13.9 Å². The predicted molar refractivity (Wildman–Crippen MR) is 55.3 cm³/mol. The third-order valence-electron chi connectivity index (χ3n) is 2.33. The van der Waals surface area contributed by atoms with Gasteiger partial charge in [-0.05, 0) is 27.2 Å². The Labute approximate surface area is 89.6 Å². The number of ether oxygens (including phenoxy) is 1. The van der Waals surface area contributed by atoms with E-state index in [1.165, 1.54) is 4.90 Å². The first-order valence-corrected chi connectivity index (χ1v) is 5.19. The van der Waals surface area contributed by atoms with E-state index in [1.807, 2.05) is 0 Å². The Morgan fingerprint density at radius 2 is 2.20 bits per heavy atom. The van der Waals surface area contributed by atoms with Gasteiger partial charge in [0, 0.05) is 13.1 Å². The zero-order valence-electron chi connectivity index (χ0n) is 9.50. The second-order valence-corrected chi connectivity index (χ2v) is 4.78. The molecule has 15 heavy (non-hydrogen) atoms. The van der Waals surface area contributed by atoms with Gasteiger partial charge < -0.3 is 15.4 Å². The van der Waals surface area contributed by atoms with Crippen molar-refractivity contribution in [2.75, 3.05) is 13.1 Å². The SMILES string of the molecule is CC(C)(C)OC(=O)N1CCC(F)C1CN. The van der Waals surface area contributed by atoms with Crippen molar-refractivity contribution in [3.05, 3.63) is 0 Å². The quantitative estimate of drug-likeness (QED) is 0.721. The standard InChI is InChI=1S/C10H19FN2O2/c1-10(2,3)15-9(14)13-5-4-7(11)8(13)6-12/h7-8H,4-6,12H2,1-3H3. The maximum absolute atomic E-state index is 13.3. The van der Waals surface area contributed by atoms with Crippen LogP contribution in [0.2, 0.25) is 0 Å². The van der Waals surface area contributed by atoms with Gasteiger partial charge in [0.05, 0.1) is 6.04 Å². The van der Waals surface area contributed by atoms with Crippen molar-refractivity contribution in [1.82, 2.24) is 4.90 Å². The highest BCUT2D eigenvalue weighted by Crippen LogP contribution is 2.22. The van der Waals surface area contributed by atoms with Gasteiger partial charge in [-0.1, -0.05) is 0 Å². The van der Waals surface area contributed by atoms with Crippen LogP contribution < -0.4 is 5.73 Å². The Balaban J connectivity index is 2.60. The Bertz CT molecular complexity index is 240. The number of alkyl halides is 1. The van der Waals surface area contributed by atoms with Gasteiger partial charge in [-0.2, -0.15) is 0 Å². The second kappa shape index (κ2) is 4.35. The first kappa shape index (κ1) is 12.2. The number of carbonyl (C=O) groups excluding carboxylic acids is 1. The van der Waals surface area contributed by atoms with Crippen molar-refractivity contribution in [1.29, 1.82) is 0 Å². The third-order valence-corrected chi connectivity index (χ3v) is 2.33. The van der Waals surface area contributed by atoms with E-state index >= 15 is 0 Å². The maximum Gasteiger partial charge on any atom is 0.410 e. The van der Waals surface area contributed by atoms with Crippen LogP contribution in [0, 0.1) is 0 Å². The number of likely N-dealkylation sites (tertiary alicyclic amines) is 1. The van der Waals surface area contributed by atoms with Gasteiger partial charge in [0.1, 0.15) is 11.8 Å². The zero-order chi connectivity index (χ0) is 11.6. The number of hydrogen-bond acceptors (Lipinski definition) is 3. The highest BCUT2D eigenvalue weighted by atomic mass is 19.1. The summed E-state index contributed by atoms with van der Waals surface area (Å²) in [5, 5.41) is 0. The summed E-state index contributed by atoms with van der Waals surface area (Å²) < 4.78 is 18.5. The molecule has 0 bridgehead atoms. The van der Waals surface area contributed by atoms with E-state index in [2.05, 4.69) is 0 Å². The summed E-state index contributed by atoms with van der Waals surface area (Å²) in [6, 6.07) is -0.528. The summed E-state index contributed by atoms with van der Waals surface area (Å²) in [6.45, 7) is 5.88. The van der Waals surface area contributed by atoms with Crippen molar-refractivity contribution in [3.63, 3.8) is 0 Å². The molecule has 1 fully saturated rings. The number of hydrogen-bond donors (Lipinski definition) is 1. The lowest BCUT2D eigenvalue weighted by atomic mass is 10.2. The van der Waals surface area contributed by atoms with Crippen LogP contribution in [0.3, 0.4) is 0 Å². The van der Waals surface area contributed by atoms with E-state index in [0.717, 1.165) is 0 Å². The van der Waals surface area contributed by atoms with Gasteiger partial charge in [-0.25, -0.2) is 9.18 Å². The van der Waals surface area contributed by atoms with Crippen molar-refractivity contribution in [2.45, 2.75) is 45.0 Å². The third kappa shape index (κ3) is 3.06. The molecule has 0 saturated carbocycles. The van der Waals surface area contributed by atoms with Crippen LogP contribution in [0.1, 0.15) is 27.2 Å². The van der Waals surface area contributed by atoms with Gasteiger partial charge in [0.15, 0.2) is 0 Å². The Kier molecular flexibility index (Phi) is 3.54. The van der Waals surface area contributed by atoms with Crippen molar-refractivity contribution in [2.24, 2.45) is 5.73 Å². The lowest BCUT2D eigenvalue weighted by Crippen LogP contribution is -2.45. The molecule has 0 spiro atoms. The van der Waals surface area contributed by atoms with E-state index in [0.29, 0.717) is 13.0 Å². The Morgan fingerprint density at radius 1 is 1.60 bits per heavy atom. The molecule has 1 heterocycles. The van der Waals surface area contributed by atoms with Crippen LogP contribution in [0.5, 0.6) is 0 Å². The Hall–Kier alpha value is -0.840. The molecule has 1 aliphatic heterocycles. The summed E-state index contributed by atoms with van der Waals surface area (Å²) in [6.07, 6.45) is -1.15. The molecule has 0 aliphatic carbocycles. The molecule has 1 aliphatic rings. The topological polar surface area (TPSA) is 55.6 Å².